The number of benzene rings is 2. The van der Waals surface area contributed by atoms with Crippen LogP contribution in [0.1, 0.15) is 34.8 Å². The van der Waals surface area contributed by atoms with Gasteiger partial charge in [0.25, 0.3) is 11.8 Å². The molecule has 0 radical (unpaired) electrons. The molecule has 150 valence electrons. The molecule has 2 aromatic rings. The number of rotatable bonds is 9. The molecule has 1 atom stereocenters. The number of carbonyl (C=O) groups is 2. The normalized spacial score (nSPS) is 11.6. The second-order valence-corrected chi connectivity index (χ2v) is 6.62. The number of hydrogen-bond donors (Lipinski definition) is 2. The lowest BCUT2D eigenvalue weighted by molar-refractivity contribution is -0.122. The van der Waals surface area contributed by atoms with E-state index in [9.17, 15) is 9.59 Å². The van der Waals surface area contributed by atoms with Gasteiger partial charge in [0.15, 0.2) is 6.10 Å². The number of para-hydroxylation sites is 1. The molecule has 1 unspecified atom stereocenters. The second kappa shape index (κ2) is 10.5. The Morgan fingerprint density at radius 3 is 2.39 bits per heavy atom. The van der Waals surface area contributed by atoms with Crippen LogP contribution in [0.2, 0.25) is 0 Å². The number of carbonyl (C=O) groups excluding carboxylic acids is 2. The summed E-state index contributed by atoms with van der Waals surface area (Å²) < 4.78 is 10.9. The van der Waals surface area contributed by atoms with Crippen LogP contribution in [-0.4, -0.2) is 38.2 Å². The summed E-state index contributed by atoms with van der Waals surface area (Å²) in [5.41, 5.74) is 2.99. The van der Waals surface area contributed by atoms with Crippen LogP contribution in [0.15, 0.2) is 42.5 Å². The summed E-state index contributed by atoms with van der Waals surface area (Å²) in [6, 6.07) is 12.8. The molecule has 0 saturated heterocycles. The number of aryl methyl sites for hydroxylation is 2. The van der Waals surface area contributed by atoms with E-state index in [2.05, 4.69) is 10.6 Å². The molecule has 2 N–H and O–H groups in total. The van der Waals surface area contributed by atoms with E-state index < -0.39 is 6.10 Å². The molecule has 0 aliphatic heterocycles. The highest BCUT2D eigenvalue weighted by Crippen LogP contribution is 2.20. The van der Waals surface area contributed by atoms with E-state index in [1.54, 1.807) is 31.4 Å². The van der Waals surface area contributed by atoms with Gasteiger partial charge in [-0.05, 0) is 55.7 Å². The Balaban J connectivity index is 2.11. The predicted molar refractivity (Wildman–Crippen MR) is 110 cm³/mol. The Labute approximate surface area is 166 Å². The van der Waals surface area contributed by atoms with Crippen molar-refractivity contribution in [2.75, 3.05) is 25.6 Å². The van der Waals surface area contributed by atoms with Crippen LogP contribution >= 0.6 is 0 Å². The summed E-state index contributed by atoms with van der Waals surface area (Å²) in [6.45, 7) is 6.67. The smallest absolute Gasteiger partial charge is 0.265 e. The highest BCUT2D eigenvalue weighted by Gasteiger charge is 2.21. The molecule has 2 rings (SSSR count). The van der Waals surface area contributed by atoms with Gasteiger partial charge in [-0.25, -0.2) is 0 Å². The topological polar surface area (TPSA) is 76.7 Å². The van der Waals surface area contributed by atoms with Gasteiger partial charge >= 0.3 is 0 Å². The van der Waals surface area contributed by atoms with E-state index in [0.717, 1.165) is 11.1 Å². The van der Waals surface area contributed by atoms with Crippen LogP contribution in [0, 0.1) is 13.8 Å². The number of nitrogens with one attached hydrogen (secondary N) is 2. The van der Waals surface area contributed by atoms with Crippen molar-refractivity contribution in [1.29, 1.82) is 0 Å². The molecule has 0 saturated carbocycles. The average molecular weight is 384 g/mol. The lowest BCUT2D eigenvalue weighted by Crippen LogP contribution is -2.34. The molecule has 0 spiro atoms. The Morgan fingerprint density at radius 2 is 1.75 bits per heavy atom. The van der Waals surface area contributed by atoms with Gasteiger partial charge in [-0.2, -0.15) is 0 Å². The monoisotopic (exact) mass is 384 g/mol. The third-order valence-corrected chi connectivity index (χ3v) is 4.16. The third-order valence-electron chi connectivity index (χ3n) is 4.16. The molecule has 2 aromatic carbocycles. The first-order valence-electron chi connectivity index (χ1n) is 9.36. The third kappa shape index (κ3) is 6.09. The van der Waals surface area contributed by atoms with E-state index in [-0.39, 0.29) is 11.8 Å². The summed E-state index contributed by atoms with van der Waals surface area (Å²) in [7, 11) is 1.57. The molecule has 0 aromatic heterocycles. The van der Waals surface area contributed by atoms with Gasteiger partial charge in [0, 0.05) is 13.7 Å². The molecular formula is C22H28N2O4. The summed E-state index contributed by atoms with van der Waals surface area (Å²) in [4.78, 5) is 25.1. The van der Waals surface area contributed by atoms with Crippen molar-refractivity contribution in [3.8, 4) is 5.75 Å². The maximum absolute atomic E-state index is 12.8. The zero-order valence-corrected chi connectivity index (χ0v) is 16.9. The minimum atomic E-state index is -0.661. The SMILES string of the molecule is CCC(Oc1cc(C)cc(C)c1)C(=O)Nc1ccccc1C(=O)NCCOC. The molecule has 2 amide bonds. The van der Waals surface area contributed by atoms with Crippen molar-refractivity contribution in [2.45, 2.75) is 33.3 Å². The first-order chi connectivity index (χ1) is 13.4. The van der Waals surface area contributed by atoms with Crippen LogP contribution < -0.4 is 15.4 Å². The number of hydrogen-bond acceptors (Lipinski definition) is 4. The van der Waals surface area contributed by atoms with Crippen LogP contribution in [-0.2, 0) is 9.53 Å². The number of anilines is 1. The van der Waals surface area contributed by atoms with Gasteiger partial charge in [0.2, 0.25) is 0 Å². The molecule has 0 aliphatic rings. The fraction of sp³-hybridized carbons (Fsp3) is 0.364. The van der Waals surface area contributed by atoms with Crippen molar-refractivity contribution in [3.05, 3.63) is 59.2 Å². The van der Waals surface area contributed by atoms with Gasteiger partial charge in [-0.1, -0.05) is 25.1 Å². The lowest BCUT2D eigenvalue weighted by Gasteiger charge is -2.19. The van der Waals surface area contributed by atoms with Gasteiger partial charge < -0.3 is 20.1 Å². The fourth-order valence-corrected chi connectivity index (χ4v) is 2.85. The van der Waals surface area contributed by atoms with E-state index in [0.29, 0.717) is 36.6 Å². The zero-order chi connectivity index (χ0) is 20.5. The fourth-order valence-electron chi connectivity index (χ4n) is 2.85. The first kappa shape index (κ1) is 21.4. The highest BCUT2D eigenvalue weighted by molar-refractivity contribution is 6.04. The summed E-state index contributed by atoms with van der Waals surface area (Å²) in [6.07, 6.45) is -0.160. The highest BCUT2D eigenvalue weighted by atomic mass is 16.5. The Bertz CT molecular complexity index is 800. The van der Waals surface area contributed by atoms with E-state index in [1.807, 2.05) is 39.0 Å². The van der Waals surface area contributed by atoms with Crippen LogP contribution in [0.5, 0.6) is 5.75 Å². The minimum absolute atomic E-state index is 0.267. The zero-order valence-electron chi connectivity index (χ0n) is 16.9. The summed E-state index contributed by atoms with van der Waals surface area (Å²) in [5, 5.41) is 5.59. The summed E-state index contributed by atoms with van der Waals surface area (Å²) >= 11 is 0. The molecule has 6 heteroatoms. The molecule has 0 aliphatic carbocycles. The van der Waals surface area contributed by atoms with Crippen LogP contribution in [0.4, 0.5) is 5.69 Å². The van der Waals surface area contributed by atoms with Crippen molar-refractivity contribution >= 4 is 17.5 Å². The number of amides is 2. The van der Waals surface area contributed by atoms with Gasteiger partial charge in [0.05, 0.1) is 17.9 Å². The van der Waals surface area contributed by atoms with Crippen molar-refractivity contribution in [3.63, 3.8) is 0 Å². The van der Waals surface area contributed by atoms with Crippen LogP contribution in [0.3, 0.4) is 0 Å². The second-order valence-electron chi connectivity index (χ2n) is 6.62. The predicted octanol–water partition coefficient (Wildman–Crippen LogP) is 3.48. The number of ether oxygens (including phenoxy) is 2. The van der Waals surface area contributed by atoms with Gasteiger partial charge in [-0.15, -0.1) is 0 Å². The van der Waals surface area contributed by atoms with Crippen LogP contribution in [0.25, 0.3) is 0 Å². The van der Waals surface area contributed by atoms with Crippen molar-refractivity contribution in [2.24, 2.45) is 0 Å². The molecule has 28 heavy (non-hydrogen) atoms. The molecule has 0 heterocycles. The summed E-state index contributed by atoms with van der Waals surface area (Å²) in [5.74, 6) is 0.0973. The molecule has 6 nitrogen and oxygen atoms in total. The Kier molecular flexibility index (Phi) is 8.02. The van der Waals surface area contributed by atoms with Gasteiger partial charge in [-0.3, -0.25) is 9.59 Å². The minimum Gasteiger partial charge on any atom is -0.481 e. The van der Waals surface area contributed by atoms with Crippen molar-refractivity contribution in [1.82, 2.24) is 5.32 Å². The van der Waals surface area contributed by atoms with E-state index in [4.69, 9.17) is 9.47 Å². The van der Waals surface area contributed by atoms with Crippen molar-refractivity contribution < 1.29 is 19.1 Å². The average Bonchev–Trinajstić information content (AvgIpc) is 2.65. The first-order valence-corrected chi connectivity index (χ1v) is 9.36. The standard InChI is InChI=1S/C22H28N2O4/c1-5-20(28-17-13-15(2)12-16(3)14-17)22(26)24-19-9-7-6-8-18(19)21(25)23-10-11-27-4/h6-9,12-14,20H,5,10-11H2,1-4H3,(H,23,25)(H,24,26). The largest absolute Gasteiger partial charge is 0.481 e. The van der Waals surface area contributed by atoms with Gasteiger partial charge in [0.1, 0.15) is 5.75 Å². The Hall–Kier alpha value is -2.86. The molecular weight excluding hydrogens is 356 g/mol. The maximum Gasteiger partial charge on any atom is 0.265 e. The maximum atomic E-state index is 12.8. The lowest BCUT2D eigenvalue weighted by atomic mass is 10.1. The van der Waals surface area contributed by atoms with E-state index in [1.165, 1.54) is 0 Å². The molecule has 0 bridgehead atoms. The quantitative estimate of drug-likeness (QED) is 0.649. The Morgan fingerprint density at radius 1 is 1.07 bits per heavy atom. The number of methoxy groups -OCH3 is 1. The molecule has 0 fully saturated rings. The van der Waals surface area contributed by atoms with E-state index >= 15 is 0 Å².